The van der Waals surface area contributed by atoms with Crippen LogP contribution in [-0.4, -0.2) is 130 Å². The number of hydrogen-bond acceptors (Lipinski definition) is 12. The SMILES string of the molecule is CC(C)(C)OC(=O)COCCOCCOCCOCCOCCOCCOCCOCCNC(=O)OCc1ccccc1. The fraction of sp³-hybridized carbons (Fsp3) is 0.733. The lowest BCUT2D eigenvalue weighted by atomic mass is 10.2. The second kappa shape index (κ2) is 27.2. The number of nitrogens with one attached hydrogen (secondary N) is 1. The first kappa shape index (κ1) is 38.7. The molecule has 1 aromatic rings. The molecule has 0 aliphatic carbocycles. The molecule has 0 heterocycles. The number of alkyl carbamates (subject to hydrolysis) is 1. The number of hydrogen-bond donors (Lipinski definition) is 1. The van der Waals surface area contributed by atoms with Crippen molar-refractivity contribution in [3.8, 4) is 0 Å². The third-order valence-electron chi connectivity index (χ3n) is 4.97. The molecule has 0 aliphatic heterocycles. The van der Waals surface area contributed by atoms with Gasteiger partial charge in [-0.25, -0.2) is 9.59 Å². The first-order chi connectivity index (χ1) is 20.9. The Kier molecular flexibility index (Phi) is 24.5. The van der Waals surface area contributed by atoms with Crippen LogP contribution in [0.1, 0.15) is 26.3 Å². The second-order valence-electron chi connectivity index (χ2n) is 9.91. The first-order valence-corrected chi connectivity index (χ1v) is 14.6. The summed E-state index contributed by atoms with van der Waals surface area (Å²) >= 11 is 0. The summed E-state index contributed by atoms with van der Waals surface area (Å²) in [6.07, 6.45) is -0.473. The highest BCUT2D eigenvalue weighted by Crippen LogP contribution is 2.06. The summed E-state index contributed by atoms with van der Waals surface area (Å²) in [4.78, 5) is 23.1. The van der Waals surface area contributed by atoms with E-state index in [1.807, 2.05) is 51.1 Å². The Morgan fingerprint density at radius 3 is 1.40 bits per heavy atom. The van der Waals surface area contributed by atoms with Gasteiger partial charge in [0.1, 0.15) is 18.8 Å². The van der Waals surface area contributed by atoms with E-state index in [-0.39, 0.29) is 13.2 Å². The van der Waals surface area contributed by atoms with Crippen molar-refractivity contribution in [2.24, 2.45) is 0 Å². The minimum absolute atomic E-state index is 0.0870. The molecule has 43 heavy (non-hydrogen) atoms. The number of esters is 1. The predicted octanol–water partition coefficient (Wildman–Crippen LogP) is 2.39. The van der Waals surface area contributed by atoms with E-state index in [4.69, 9.17) is 47.4 Å². The molecule has 0 radical (unpaired) electrons. The summed E-state index contributed by atoms with van der Waals surface area (Å²) in [6, 6.07) is 9.49. The van der Waals surface area contributed by atoms with Gasteiger partial charge in [-0.05, 0) is 26.3 Å². The standard InChI is InChI=1S/C30H51NO12/c1-30(2,3)43-28(32)26-41-24-23-40-22-21-39-20-19-38-18-17-37-16-15-36-14-13-35-12-11-34-10-9-31-29(33)42-25-27-7-5-4-6-8-27/h4-8H,9-26H2,1-3H3,(H,31,33). The van der Waals surface area contributed by atoms with Gasteiger partial charge < -0.3 is 52.7 Å². The van der Waals surface area contributed by atoms with Gasteiger partial charge in [-0.2, -0.15) is 0 Å². The van der Waals surface area contributed by atoms with Crippen molar-refractivity contribution in [3.05, 3.63) is 35.9 Å². The van der Waals surface area contributed by atoms with E-state index < -0.39 is 17.7 Å². The van der Waals surface area contributed by atoms with Crippen molar-refractivity contribution >= 4 is 12.1 Å². The smallest absolute Gasteiger partial charge is 0.407 e. The lowest BCUT2D eigenvalue weighted by Crippen LogP contribution is -2.28. The van der Waals surface area contributed by atoms with E-state index in [1.54, 1.807) is 0 Å². The molecule has 0 atom stereocenters. The van der Waals surface area contributed by atoms with Crippen LogP contribution in [-0.2, 0) is 58.8 Å². The predicted molar refractivity (Wildman–Crippen MR) is 157 cm³/mol. The maximum absolute atomic E-state index is 11.6. The molecule has 0 spiro atoms. The Balaban J connectivity index is 1.68. The van der Waals surface area contributed by atoms with E-state index in [1.165, 1.54) is 0 Å². The van der Waals surface area contributed by atoms with Gasteiger partial charge in [0, 0.05) is 6.54 Å². The molecule has 0 saturated heterocycles. The molecule has 1 amide bonds. The Morgan fingerprint density at radius 2 is 0.977 bits per heavy atom. The van der Waals surface area contributed by atoms with E-state index in [0.717, 1.165) is 5.56 Å². The molecule has 1 N–H and O–H groups in total. The summed E-state index contributed by atoms with van der Waals surface area (Å²) in [7, 11) is 0. The fourth-order valence-corrected chi connectivity index (χ4v) is 3.07. The molecule has 0 bridgehead atoms. The molecule has 0 aromatic heterocycles. The summed E-state index contributed by atoms with van der Waals surface area (Å²) < 4.78 is 53.4. The van der Waals surface area contributed by atoms with Gasteiger partial charge in [0.2, 0.25) is 0 Å². The van der Waals surface area contributed by atoms with E-state index in [9.17, 15) is 9.59 Å². The second-order valence-corrected chi connectivity index (χ2v) is 9.91. The van der Waals surface area contributed by atoms with Crippen LogP contribution in [0.4, 0.5) is 4.79 Å². The van der Waals surface area contributed by atoms with Crippen molar-refractivity contribution in [3.63, 3.8) is 0 Å². The third kappa shape index (κ3) is 28.2. The van der Waals surface area contributed by atoms with E-state index in [2.05, 4.69) is 5.32 Å². The third-order valence-corrected chi connectivity index (χ3v) is 4.97. The van der Waals surface area contributed by atoms with Crippen LogP contribution in [0.3, 0.4) is 0 Å². The number of benzene rings is 1. The number of carbonyl (C=O) groups is 2. The lowest BCUT2D eigenvalue weighted by Gasteiger charge is -2.19. The normalized spacial score (nSPS) is 11.4. The van der Waals surface area contributed by atoms with Crippen LogP contribution < -0.4 is 5.32 Å². The zero-order valence-electron chi connectivity index (χ0n) is 26.0. The van der Waals surface area contributed by atoms with Gasteiger partial charge >= 0.3 is 12.1 Å². The van der Waals surface area contributed by atoms with Crippen LogP contribution in [0.25, 0.3) is 0 Å². The zero-order chi connectivity index (χ0) is 31.3. The molecule has 0 saturated carbocycles. The Morgan fingerprint density at radius 1 is 0.581 bits per heavy atom. The number of ether oxygens (including phenoxy) is 10. The molecule has 0 fully saturated rings. The van der Waals surface area contributed by atoms with Gasteiger partial charge in [0.25, 0.3) is 0 Å². The van der Waals surface area contributed by atoms with Crippen molar-refractivity contribution in [1.29, 1.82) is 0 Å². The lowest BCUT2D eigenvalue weighted by molar-refractivity contribution is -0.160. The molecule has 248 valence electrons. The highest BCUT2D eigenvalue weighted by molar-refractivity contribution is 5.71. The highest BCUT2D eigenvalue weighted by Gasteiger charge is 2.15. The van der Waals surface area contributed by atoms with Crippen molar-refractivity contribution in [2.45, 2.75) is 33.0 Å². The van der Waals surface area contributed by atoms with Crippen LogP contribution in [0, 0.1) is 0 Å². The summed E-state index contributed by atoms with van der Waals surface area (Å²) in [5, 5.41) is 2.64. The molecule has 0 aliphatic rings. The van der Waals surface area contributed by atoms with Crippen LogP contribution in [0.2, 0.25) is 0 Å². The summed E-state index contributed by atoms with van der Waals surface area (Å²) in [6.45, 7) is 12.5. The number of amides is 1. The van der Waals surface area contributed by atoms with Gasteiger partial charge in [0.05, 0.1) is 99.1 Å². The van der Waals surface area contributed by atoms with Crippen LogP contribution in [0.15, 0.2) is 30.3 Å². The Bertz CT molecular complexity index is 791. The van der Waals surface area contributed by atoms with Crippen molar-refractivity contribution < 1.29 is 57.0 Å². The first-order valence-electron chi connectivity index (χ1n) is 14.6. The molecule has 0 unspecified atom stereocenters. The maximum atomic E-state index is 11.6. The topological polar surface area (TPSA) is 138 Å². The monoisotopic (exact) mass is 617 g/mol. The van der Waals surface area contributed by atoms with Gasteiger partial charge in [-0.3, -0.25) is 0 Å². The molecule has 1 rings (SSSR count). The average Bonchev–Trinajstić information content (AvgIpc) is 2.97. The summed E-state index contributed by atoms with van der Waals surface area (Å²) in [5.74, 6) is -0.390. The van der Waals surface area contributed by atoms with Crippen LogP contribution in [0.5, 0.6) is 0 Å². The fourth-order valence-electron chi connectivity index (χ4n) is 3.07. The zero-order valence-corrected chi connectivity index (χ0v) is 26.0. The minimum atomic E-state index is -0.514. The average molecular weight is 618 g/mol. The van der Waals surface area contributed by atoms with Gasteiger partial charge in [-0.1, -0.05) is 30.3 Å². The number of carbonyl (C=O) groups excluding carboxylic acids is 2. The molecular formula is C30H51NO12. The summed E-state index contributed by atoms with van der Waals surface area (Å²) in [5.41, 5.74) is 0.421. The van der Waals surface area contributed by atoms with E-state index >= 15 is 0 Å². The Labute approximate surface area is 255 Å². The van der Waals surface area contributed by atoms with Crippen molar-refractivity contribution in [1.82, 2.24) is 5.32 Å². The van der Waals surface area contributed by atoms with E-state index in [0.29, 0.717) is 106 Å². The highest BCUT2D eigenvalue weighted by atomic mass is 16.6. The van der Waals surface area contributed by atoms with Crippen LogP contribution >= 0.6 is 0 Å². The van der Waals surface area contributed by atoms with Gasteiger partial charge in [0.15, 0.2) is 0 Å². The van der Waals surface area contributed by atoms with Crippen molar-refractivity contribution in [2.75, 3.05) is 112 Å². The molecule has 13 nitrogen and oxygen atoms in total. The minimum Gasteiger partial charge on any atom is -0.458 e. The van der Waals surface area contributed by atoms with Gasteiger partial charge in [-0.15, -0.1) is 0 Å². The molecule has 1 aromatic carbocycles. The maximum Gasteiger partial charge on any atom is 0.407 e. The largest absolute Gasteiger partial charge is 0.458 e. The Hall–Kier alpha value is -2.36. The number of rotatable bonds is 28. The molecule has 13 heteroatoms. The quantitative estimate of drug-likeness (QED) is 0.109. The molecular weight excluding hydrogens is 566 g/mol.